The Morgan fingerprint density at radius 2 is 1.77 bits per heavy atom. The van der Waals surface area contributed by atoms with Gasteiger partial charge in [0.25, 0.3) is 0 Å². The van der Waals surface area contributed by atoms with Crippen molar-refractivity contribution in [3.8, 4) is 0 Å². The maximum atomic E-state index is 12.2. The summed E-state index contributed by atoms with van der Waals surface area (Å²) < 4.78 is 9.69. The van der Waals surface area contributed by atoms with Crippen molar-refractivity contribution >= 4 is 29.7 Å². The van der Waals surface area contributed by atoms with Crippen LogP contribution in [0.15, 0.2) is 0 Å². The minimum absolute atomic E-state index is 0.431. The van der Waals surface area contributed by atoms with E-state index in [4.69, 9.17) is 4.74 Å². The summed E-state index contributed by atoms with van der Waals surface area (Å²) in [7, 11) is 1.25. The molecule has 0 bridgehead atoms. The van der Waals surface area contributed by atoms with Gasteiger partial charge in [0.1, 0.15) is 17.7 Å². The van der Waals surface area contributed by atoms with Crippen LogP contribution in [0.4, 0.5) is 4.79 Å². The molecular formula is C14H26N2O5S. The Hall–Kier alpha value is -1.44. The van der Waals surface area contributed by atoms with E-state index in [0.29, 0.717) is 12.2 Å². The van der Waals surface area contributed by atoms with Gasteiger partial charge in [0.05, 0.1) is 7.11 Å². The second kappa shape index (κ2) is 9.55. The minimum atomic E-state index is -0.783. The van der Waals surface area contributed by atoms with Crippen LogP contribution in [0.1, 0.15) is 34.1 Å². The zero-order chi connectivity index (χ0) is 17.3. The summed E-state index contributed by atoms with van der Waals surface area (Å²) in [6.07, 6.45) is 1.67. The summed E-state index contributed by atoms with van der Waals surface area (Å²) in [6.45, 7) is 6.73. The second-order valence-corrected chi connectivity index (χ2v) is 6.72. The topological polar surface area (TPSA) is 93.7 Å². The monoisotopic (exact) mass is 334 g/mol. The van der Waals surface area contributed by atoms with Gasteiger partial charge in [0, 0.05) is 0 Å². The fraction of sp³-hybridized carbons (Fsp3) is 0.786. The number of hydrogen-bond donors (Lipinski definition) is 2. The van der Waals surface area contributed by atoms with Crippen LogP contribution in [0, 0.1) is 0 Å². The fourth-order valence-corrected chi connectivity index (χ4v) is 1.98. The molecule has 0 saturated carbocycles. The molecule has 0 heterocycles. The van der Waals surface area contributed by atoms with Gasteiger partial charge in [-0.15, -0.1) is 0 Å². The van der Waals surface area contributed by atoms with E-state index in [9.17, 15) is 14.4 Å². The predicted octanol–water partition coefficient (Wildman–Crippen LogP) is 1.31. The molecule has 0 fully saturated rings. The molecule has 128 valence electrons. The molecule has 2 atom stereocenters. The summed E-state index contributed by atoms with van der Waals surface area (Å²) in [5, 5.41) is 5.05. The van der Waals surface area contributed by atoms with E-state index in [2.05, 4.69) is 15.4 Å². The van der Waals surface area contributed by atoms with E-state index in [-0.39, 0.29) is 0 Å². The maximum Gasteiger partial charge on any atom is 0.408 e. The number of carbonyl (C=O) groups excluding carboxylic acids is 3. The molecule has 0 radical (unpaired) electrons. The van der Waals surface area contributed by atoms with Crippen LogP contribution in [0.5, 0.6) is 0 Å². The molecular weight excluding hydrogens is 308 g/mol. The molecule has 0 aliphatic rings. The zero-order valence-electron chi connectivity index (χ0n) is 14.0. The van der Waals surface area contributed by atoms with Gasteiger partial charge < -0.3 is 20.1 Å². The summed E-state index contributed by atoms with van der Waals surface area (Å²) in [4.78, 5) is 35.3. The average Bonchev–Trinajstić information content (AvgIpc) is 2.40. The Morgan fingerprint density at radius 3 is 2.23 bits per heavy atom. The Bertz CT molecular complexity index is 395. The maximum absolute atomic E-state index is 12.2. The quantitative estimate of drug-likeness (QED) is 0.682. The molecule has 0 aromatic heterocycles. The van der Waals surface area contributed by atoms with Crippen LogP contribution in [0.25, 0.3) is 0 Å². The van der Waals surface area contributed by atoms with E-state index < -0.39 is 35.7 Å². The molecule has 1 unspecified atom stereocenters. The number of hydrogen-bond acceptors (Lipinski definition) is 6. The molecule has 0 aliphatic carbocycles. The minimum Gasteiger partial charge on any atom is -0.467 e. The molecule has 2 amide bonds. The molecule has 0 aromatic rings. The number of thioether (sulfide) groups is 1. The second-order valence-electron chi connectivity index (χ2n) is 5.73. The number of alkyl carbamates (subject to hydrolysis) is 1. The third kappa shape index (κ3) is 8.76. The first-order valence-corrected chi connectivity index (χ1v) is 8.36. The van der Waals surface area contributed by atoms with Crippen molar-refractivity contribution in [2.75, 3.05) is 19.1 Å². The summed E-state index contributed by atoms with van der Waals surface area (Å²) in [5.74, 6) is -0.312. The Labute approximate surface area is 135 Å². The van der Waals surface area contributed by atoms with Crippen LogP contribution in [0.3, 0.4) is 0 Å². The third-order valence-corrected chi connectivity index (χ3v) is 3.18. The van der Waals surface area contributed by atoms with Crippen molar-refractivity contribution in [1.29, 1.82) is 0 Å². The van der Waals surface area contributed by atoms with E-state index in [1.807, 2.05) is 6.26 Å². The number of methoxy groups -OCH3 is 1. The number of ether oxygens (including phenoxy) is 2. The largest absolute Gasteiger partial charge is 0.467 e. The number of rotatable bonds is 7. The molecule has 7 nitrogen and oxygen atoms in total. The van der Waals surface area contributed by atoms with Crippen molar-refractivity contribution in [2.45, 2.75) is 51.8 Å². The lowest BCUT2D eigenvalue weighted by Crippen LogP contribution is -2.52. The highest BCUT2D eigenvalue weighted by molar-refractivity contribution is 7.98. The number of nitrogens with one attached hydrogen (secondary N) is 2. The molecule has 0 spiro atoms. The summed E-state index contributed by atoms with van der Waals surface area (Å²) in [5.41, 5.74) is -0.649. The third-order valence-electron chi connectivity index (χ3n) is 2.53. The van der Waals surface area contributed by atoms with Crippen LogP contribution >= 0.6 is 11.8 Å². The highest BCUT2D eigenvalue weighted by atomic mass is 32.2. The number of esters is 1. The van der Waals surface area contributed by atoms with Crippen molar-refractivity contribution < 1.29 is 23.9 Å². The molecule has 2 N–H and O–H groups in total. The van der Waals surface area contributed by atoms with E-state index in [1.54, 1.807) is 32.5 Å². The smallest absolute Gasteiger partial charge is 0.408 e. The molecule has 0 saturated heterocycles. The van der Waals surface area contributed by atoms with Gasteiger partial charge in [-0.25, -0.2) is 9.59 Å². The van der Waals surface area contributed by atoms with E-state index >= 15 is 0 Å². The van der Waals surface area contributed by atoms with E-state index in [0.717, 1.165) is 0 Å². The van der Waals surface area contributed by atoms with Crippen LogP contribution in [0.2, 0.25) is 0 Å². The van der Waals surface area contributed by atoms with Crippen LogP contribution in [-0.4, -0.2) is 54.8 Å². The van der Waals surface area contributed by atoms with Gasteiger partial charge >= 0.3 is 12.1 Å². The Morgan fingerprint density at radius 1 is 1.18 bits per heavy atom. The summed E-state index contributed by atoms with van der Waals surface area (Å²) in [6, 6.07) is -1.55. The molecule has 22 heavy (non-hydrogen) atoms. The van der Waals surface area contributed by atoms with Gasteiger partial charge in [-0.1, -0.05) is 0 Å². The first-order chi connectivity index (χ1) is 10.1. The Balaban J connectivity index is 4.71. The summed E-state index contributed by atoms with van der Waals surface area (Å²) >= 11 is 1.55. The van der Waals surface area contributed by atoms with Gasteiger partial charge in [0.15, 0.2) is 0 Å². The van der Waals surface area contributed by atoms with Gasteiger partial charge in [-0.05, 0) is 46.1 Å². The number of carbonyl (C=O) groups is 3. The van der Waals surface area contributed by atoms with Crippen molar-refractivity contribution in [3.05, 3.63) is 0 Å². The van der Waals surface area contributed by atoms with E-state index in [1.165, 1.54) is 14.0 Å². The SMILES string of the molecule is COC(=O)[C@H](C)NC(=O)C(CCSC)NC(=O)OC(C)(C)C. The molecule has 0 aliphatic heterocycles. The standard InChI is InChI=1S/C14H26N2O5S/c1-9(12(18)20-5)15-11(17)10(7-8-22-6)16-13(19)21-14(2,3)4/h9-10H,7-8H2,1-6H3,(H,15,17)(H,16,19)/t9-,10?/m0/s1. The highest BCUT2D eigenvalue weighted by Gasteiger charge is 2.26. The highest BCUT2D eigenvalue weighted by Crippen LogP contribution is 2.08. The average molecular weight is 334 g/mol. The van der Waals surface area contributed by atoms with Crippen molar-refractivity contribution in [3.63, 3.8) is 0 Å². The molecule has 0 aromatic carbocycles. The van der Waals surface area contributed by atoms with Gasteiger partial charge in [-0.3, -0.25) is 4.79 Å². The lowest BCUT2D eigenvalue weighted by atomic mass is 10.2. The van der Waals surface area contributed by atoms with Crippen molar-refractivity contribution in [2.24, 2.45) is 0 Å². The lowest BCUT2D eigenvalue weighted by molar-refractivity contribution is -0.144. The fourth-order valence-electron chi connectivity index (χ4n) is 1.50. The molecule has 8 heteroatoms. The van der Waals surface area contributed by atoms with Gasteiger partial charge in [0.2, 0.25) is 5.91 Å². The Kier molecular flexibility index (Phi) is 8.93. The van der Waals surface area contributed by atoms with Gasteiger partial charge in [-0.2, -0.15) is 11.8 Å². The molecule has 0 rings (SSSR count). The van der Waals surface area contributed by atoms with Crippen molar-refractivity contribution in [1.82, 2.24) is 10.6 Å². The zero-order valence-corrected chi connectivity index (χ0v) is 14.8. The first-order valence-electron chi connectivity index (χ1n) is 6.97. The first kappa shape index (κ1) is 20.6. The van der Waals surface area contributed by atoms with Crippen LogP contribution in [-0.2, 0) is 19.1 Å². The predicted molar refractivity (Wildman–Crippen MR) is 85.8 cm³/mol. The van der Waals surface area contributed by atoms with Crippen LogP contribution < -0.4 is 10.6 Å². The number of amides is 2. The lowest BCUT2D eigenvalue weighted by Gasteiger charge is -2.24. The normalized spacial score (nSPS) is 13.7.